The summed E-state index contributed by atoms with van der Waals surface area (Å²) >= 11 is 1.26. The molecule has 0 saturated heterocycles. The number of carboxylic acids is 1. The normalized spacial score (nSPS) is 20.2. The number of allylic oxidation sites excluding steroid dienone is 1. The van der Waals surface area contributed by atoms with Gasteiger partial charge in [0.05, 0.1) is 5.03 Å². The van der Waals surface area contributed by atoms with Crippen molar-refractivity contribution in [2.75, 3.05) is 6.67 Å². The van der Waals surface area contributed by atoms with Crippen molar-refractivity contribution in [1.82, 2.24) is 4.90 Å². The van der Waals surface area contributed by atoms with Crippen molar-refractivity contribution in [1.29, 1.82) is 0 Å². The first kappa shape index (κ1) is 7.42. The maximum atomic E-state index is 10.6. The molecule has 2 aliphatic heterocycles. The van der Waals surface area contributed by atoms with Crippen molar-refractivity contribution in [2.45, 2.75) is 0 Å². The van der Waals surface area contributed by atoms with Gasteiger partial charge < -0.3 is 10.0 Å². The second-order valence-corrected chi connectivity index (χ2v) is 3.41. The quantitative estimate of drug-likeness (QED) is 0.653. The van der Waals surface area contributed by atoms with Crippen LogP contribution >= 0.6 is 11.8 Å². The van der Waals surface area contributed by atoms with Gasteiger partial charge in [-0.25, -0.2) is 4.79 Å². The van der Waals surface area contributed by atoms with Crippen molar-refractivity contribution in [3.63, 3.8) is 0 Å². The van der Waals surface area contributed by atoms with E-state index in [1.54, 1.807) is 18.5 Å². The predicted molar refractivity (Wildman–Crippen MR) is 46.6 cm³/mol. The summed E-state index contributed by atoms with van der Waals surface area (Å²) in [6.07, 6.45) is 5.10. The molecule has 0 bridgehead atoms. The summed E-state index contributed by atoms with van der Waals surface area (Å²) in [7, 11) is 0. The Kier molecular flexibility index (Phi) is 1.65. The monoisotopic (exact) mass is 182 g/mol. The highest BCUT2D eigenvalue weighted by molar-refractivity contribution is 8.07. The number of hydrogen-bond acceptors (Lipinski definition) is 4. The summed E-state index contributed by atoms with van der Waals surface area (Å²) in [4.78, 5) is 16.7. The van der Waals surface area contributed by atoms with E-state index in [1.807, 2.05) is 4.90 Å². The molecule has 0 aliphatic carbocycles. The Hall–Kier alpha value is -1.23. The van der Waals surface area contributed by atoms with E-state index in [1.165, 1.54) is 11.8 Å². The molecule has 0 aromatic rings. The molecule has 0 saturated carbocycles. The lowest BCUT2D eigenvalue weighted by Crippen LogP contribution is -2.14. The zero-order valence-corrected chi connectivity index (χ0v) is 6.91. The Balaban J connectivity index is 2.24. The Labute approximate surface area is 73.3 Å². The third kappa shape index (κ3) is 1.12. The third-order valence-corrected chi connectivity index (χ3v) is 2.62. The molecule has 0 radical (unpaired) electrons. The average molecular weight is 182 g/mol. The fourth-order valence-corrected chi connectivity index (χ4v) is 1.84. The number of nitrogens with zero attached hydrogens (tertiary/aromatic N) is 2. The molecule has 0 amide bonds. The second-order valence-electron chi connectivity index (χ2n) is 2.35. The molecule has 5 heteroatoms. The maximum absolute atomic E-state index is 10.6. The van der Waals surface area contributed by atoms with E-state index in [0.29, 0.717) is 11.6 Å². The van der Waals surface area contributed by atoms with Crippen LogP contribution in [0.2, 0.25) is 0 Å². The molecule has 0 unspecified atom stereocenters. The van der Waals surface area contributed by atoms with Crippen molar-refractivity contribution in [3.8, 4) is 0 Å². The summed E-state index contributed by atoms with van der Waals surface area (Å²) in [6.45, 7) is 0.523. The molecular formula is C7H6N2O2S. The Morgan fingerprint density at radius 3 is 3.25 bits per heavy atom. The molecule has 0 spiro atoms. The van der Waals surface area contributed by atoms with E-state index in [-0.39, 0.29) is 0 Å². The summed E-state index contributed by atoms with van der Waals surface area (Å²) in [5, 5.41) is 9.61. The van der Waals surface area contributed by atoms with Crippen molar-refractivity contribution in [3.05, 3.63) is 22.2 Å². The molecule has 2 aliphatic rings. The van der Waals surface area contributed by atoms with Gasteiger partial charge in [-0.15, -0.1) is 0 Å². The van der Waals surface area contributed by atoms with Gasteiger partial charge in [-0.05, 0) is 6.08 Å². The average Bonchev–Trinajstić information content (AvgIpc) is 2.46. The highest BCUT2D eigenvalue weighted by Gasteiger charge is 2.23. The predicted octanol–water partition coefficient (Wildman–Crippen LogP) is 0.845. The van der Waals surface area contributed by atoms with Crippen LogP contribution in [0.25, 0.3) is 0 Å². The van der Waals surface area contributed by atoms with E-state index in [0.717, 1.165) is 5.03 Å². The fourth-order valence-electron chi connectivity index (χ4n) is 0.994. The number of rotatable bonds is 1. The van der Waals surface area contributed by atoms with Crippen LogP contribution in [0, 0.1) is 0 Å². The molecule has 0 fully saturated rings. The second kappa shape index (κ2) is 2.67. The minimum Gasteiger partial charge on any atom is -0.477 e. The lowest BCUT2D eigenvalue weighted by molar-refractivity contribution is -0.131. The van der Waals surface area contributed by atoms with Gasteiger partial charge in [0.2, 0.25) is 0 Å². The van der Waals surface area contributed by atoms with E-state index >= 15 is 0 Å². The van der Waals surface area contributed by atoms with Crippen molar-refractivity contribution < 1.29 is 9.90 Å². The fraction of sp³-hybridized carbons (Fsp3) is 0.143. The van der Waals surface area contributed by atoms with Crippen molar-refractivity contribution in [2.24, 2.45) is 4.99 Å². The summed E-state index contributed by atoms with van der Waals surface area (Å²) in [5.74, 6) is -0.879. The van der Waals surface area contributed by atoms with Gasteiger partial charge in [0.15, 0.2) is 0 Å². The number of thioether (sulfide) groups is 1. The molecule has 2 rings (SSSR count). The lowest BCUT2D eigenvalue weighted by atomic mass is 10.5. The number of fused-ring (bicyclic) bond motifs is 1. The van der Waals surface area contributed by atoms with Crippen LogP contribution in [0.3, 0.4) is 0 Å². The minimum atomic E-state index is -0.879. The minimum absolute atomic E-state index is 0.353. The highest BCUT2D eigenvalue weighted by Crippen LogP contribution is 2.36. The van der Waals surface area contributed by atoms with Gasteiger partial charge in [-0.1, -0.05) is 11.8 Å². The van der Waals surface area contributed by atoms with Gasteiger partial charge in [-0.3, -0.25) is 4.99 Å². The van der Waals surface area contributed by atoms with E-state index in [4.69, 9.17) is 5.11 Å². The number of hydrogen-bond donors (Lipinski definition) is 1. The molecule has 2 heterocycles. The molecule has 1 N–H and O–H groups in total. The van der Waals surface area contributed by atoms with Crippen LogP contribution < -0.4 is 0 Å². The smallest absolute Gasteiger partial charge is 0.344 e. The summed E-state index contributed by atoms with van der Waals surface area (Å²) in [6, 6.07) is 0. The lowest BCUT2D eigenvalue weighted by Gasteiger charge is -2.15. The van der Waals surface area contributed by atoms with Gasteiger partial charge in [0.1, 0.15) is 11.6 Å². The zero-order valence-electron chi connectivity index (χ0n) is 6.10. The molecular weight excluding hydrogens is 176 g/mol. The first-order valence-corrected chi connectivity index (χ1v) is 4.19. The standard InChI is InChI=1S/C7H6N2O2S/c10-7(11)5-3-9-4-8-2-1-6(9)12-5/h1-3H,4H2,(H,10,11). The molecule has 62 valence electrons. The van der Waals surface area contributed by atoms with E-state index in [9.17, 15) is 4.79 Å². The van der Waals surface area contributed by atoms with Gasteiger partial charge in [-0.2, -0.15) is 0 Å². The highest BCUT2D eigenvalue weighted by atomic mass is 32.2. The molecule has 0 atom stereocenters. The molecule has 0 aromatic carbocycles. The van der Waals surface area contributed by atoms with Crippen LogP contribution in [0.1, 0.15) is 0 Å². The number of aliphatic imine (C=N–C) groups is 1. The number of aliphatic carboxylic acids is 1. The van der Waals surface area contributed by atoms with E-state index < -0.39 is 5.97 Å². The van der Waals surface area contributed by atoms with Crippen LogP contribution in [-0.2, 0) is 4.79 Å². The Morgan fingerprint density at radius 1 is 1.75 bits per heavy atom. The largest absolute Gasteiger partial charge is 0.477 e. The zero-order chi connectivity index (χ0) is 8.55. The molecule has 12 heavy (non-hydrogen) atoms. The Morgan fingerprint density at radius 2 is 2.58 bits per heavy atom. The van der Waals surface area contributed by atoms with Crippen LogP contribution in [-0.4, -0.2) is 28.9 Å². The number of carbonyl (C=O) groups is 1. The van der Waals surface area contributed by atoms with Crippen LogP contribution in [0.4, 0.5) is 0 Å². The van der Waals surface area contributed by atoms with Crippen LogP contribution in [0.15, 0.2) is 27.2 Å². The third-order valence-electron chi connectivity index (χ3n) is 1.54. The first-order chi connectivity index (χ1) is 5.77. The maximum Gasteiger partial charge on any atom is 0.344 e. The first-order valence-electron chi connectivity index (χ1n) is 3.37. The van der Waals surface area contributed by atoms with Gasteiger partial charge in [0.25, 0.3) is 0 Å². The summed E-state index contributed by atoms with van der Waals surface area (Å²) < 4.78 is 0. The van der Waals surface area contributed by atoms with Crippen molar-refractivity contribution >= 4 is 23.9 Å². The topological polar surface area (TPSA) is 52.9 Å². The van der Waals surface area contributed by atoms with Crippen LogP contribution in [0.5, 0.6) is 0 Å². The van der Waals surface area contributed by atoms with Gasteiger partial charge >= 0.3 is 5.97 Å². The SMILES string of the molecule is O=C(O)C1=CN2CN=CC=C2S1. The Bertz CT molecular complexity index is 319. The summed E-state index contributed by atoms with van der Waals surface area (Å²) in [5.41, 5.74) is 0. The molecule has 4 nitrogen and oxygen atoms in total. The molecule has 0 aromatic heterocycles. The number of carboxylic acid groups (broad SMARTS) is 1. The van der Waals surface area contributed by atoms with Gasteiger partial charge in [0, 0.05) is 12.4 Å². The van der Waals surface area contributed by atoms with E-state index in [2.05, 4.69) is 4.99 Å².